The van der Waals surface area contributed by atoms with Crippen molar-refractivity contribution < 1.29 is 4.74 Å². The number of hydrogen-bond donors (Lipinski definition) is 2. The van der Waals surface area contributed by atoms with Crippen molar-refractivity contribution in [3.63, 3.8) is 0 Å². The molecule has 3 N–H and O–H groups in total. The molecule has 0 aromatic heterocycles. The van der Waals surface area contributed by atoms with Crippen molar-refractivity contribution in [3.05, 3.63) is 0 Å². The van der Waals surface area contributed by atoms with Gasteiger partial charge in [0.1, 0.15) is 0 Å². The summed E-state index contributed by atoms with van der Waals surface area (Å²) in [6.07, 6.45) is 0. The SMILES string of the molecule is CC(C)COCC1CN=C(N)N1. The molecule has 0 radical (unpaired) electrons. The Bertz CT molecular complexity index is 168. The Morgan fingerprint density at radius 2 is 2.50 bits per heavy atom. The van der Waals surface area contributed by atoms with E-state index in [-0.39, 0.29) is 6.04 Å². The van der Waals surface area contributed by atoms with E-state index >= 15 is 0 Å². The minimum Gasteiger partial charge on any atom is -0.379 e. The van der Waals surface area contributed by atoms with E-state index in [4.69, 9.17) is 10.5 Å². The van der Waals surface area contributed by atoms with Crippen molar-refractivity contribution in [1.29, 1.82) is 0 Å². The molecule has 1 aliphatic heterocycles. The smallest absolute Gasteiger partial charge is 0.189 e. The first-order valence-electron chi connectivity index (χ1n) is 4.32. The van der Waals surface area contributed by atoms with Gasteiger partial charge in [-0.05, 0) is 5.92 Å². The fourth-order valence-electron chi connectivity index (χ4n) is 1.05. The number of nitrogens with two attached hydrogens (primary N) is 1. The number of aliphatic imine (C=N–C) groups is 1. The molecule has 0 bridgehead atoms. The summed E-state index contributed by atoms with van der Waals surface area (Å²) in [4.78, 5) is 4.02. The van der Waals surface area contributed by atoms with Gasteiger partial charge in [0, 0.05) is 6.61 Å². The highest BCUT2D eigenvalue weighted by atomic mass is 16.5. The van der Waals surface area contributed by atoms with Gasteiger partial charge < -0.3 is 15.8 Å². The van der Waals surface area contributed by atoms with E-state index < -0.39 is 0 Å². The predicted molar refractivity (Wildman–Crippen MR) is 49.1 cm³/mol. The normalized spacial score (nSPS) is 22.6. The van der Waals surface area contributed by atoms with Gasteiger partial charge in [-0.2, -0.15) is 0 Å². The maximum Gasteiger partial charge on any atom is 0.189 e. The summed E-state index contributed by atoms with van der Waals surface area (Å²) in [7, 11) is 0. The van der Waals surface area contributed by atoms with Gasteiger partial charge in [-0.1, -0.05) is 13.8 Å². The largest absolute Gasteiger partial charge is 0.379 e. The highest BCUT2D eigenvalue weighted by Crippen LogP contribution is 1.97. The molecule has 0 aliphatic carbocycles. The number of hydrogen-bond acceptors (Lipinski definition) is 4. The molecule has 0 fully saturated rings. The van der Waals surface area contributed by atoms with Gasteiger partial charge in [0.25, 0.3) is 0 Å². The Balaban J connectivity index is 2.02. The summed E-state index contributed by atoms with van der Waals surface area (Å²) in [5, 5.41) is 3.03. The third-order valence-corrected chi connectivity index (χ3v) is 1.60. The number of ether oxygens (including phenoxy) is 1. The lowest BCUT2D eigenvalue weighted by molar-refractivity contribution is 0.0976. The first-order chi connectivity index (χ1) is 5.68. The molecule has 0 amide bonds. The number of guanidine groups is 1. The highest BCUT2D eigenvalue weighted by molar-refractivity contribution is 5.79. The van der Waals surface area contributed by atoms with Crippen LogP contribution in [0.2, 0.25) is 0 Å². The van der Waals surface area contributed by atoms with E-state index in [1.165, 1.54) is 0 Å². The molecule has 1 aliphatic rings. The monoisotopic (exact) mass is 171 g/mol. The molecule has 4 nitrogen and oxygen atoms in total. The quantitative estimate of drug-likeness (QED) is 0.623. The lowest BCUT2D eigenvalue weighted by Gasteiger charge is -2.12. The summed E-state index contributed by atoms with van der Waals surface area (Å²) < 4.78 is 5.44. The topological polar surface area (TPSA) is 59.6 Å². The van der Waals surface area contributed by atoms with Crippen LogP contribution < -0.4 is 11.1 Å². The fraction of sp³-hybridized carbons (Fsp3) is 0.875. The molecule has 1 heterocycles. The average molecular weight is 171 g/mol. The van der Waals surface area contributed by atoms with Crippen LogP contribution in [0.15, 0.2) is 4.99 Å². The lowest BCUT2D eigenvalue weighted by atomic mass is 10.2. The van der Waals surface area contributed by atoms with E-state index in [9.17, 15) is 0 Å². The third kappa shape index (κ3) is 3.09. The van der Waals surface area contributed by atoms with Gasteiger partial charge in [0.05, 0.1) is 19.2 Å². The second kappa shape index (κ2) is 4.30. The van der Waals surface area contributed by atoms with Crippen LogP contribution in [0, 0.1) is 5.92 Å². The van der Waals surface area contributed by atoms with Crippen molar-refractivity contribution in [2.75, 3.05) is 19.8 Å². The molecule has 1 rings (SSSR count). The fourth-order valence-corrected chi connectivity index (χ4v) is 1.05. The summed E-state index contributed by atoms with van der Waals surface area (Å²) in [5.74, 6) is 1.12. The second-order valence-corrected chi connectivity index (χ2v) is 3.50. The highest BCUT2D eigenvalue weighted by Gasteiger charge is 2.14. The summed E-state index contributed by atoms with van der Waals surface area (Å²) in [6.45, 7) is 6.50. The van der Waals surface area contributed by atoms with E-state index in [1.54, 1.807) is 0 Å². The molecule has 0 aromatic carbocycles. The maximum absolute atomic E-state index is 5.44. The Kier molecular flexibility index (Phi) is 3.34. The molecule has 4 heteroatoms. The molecule has 0 saturated heterocycles. The van der Waals surface area contributed by atoms with Crippen molar-refractivity contribution >= 4 is 5.96 Å². The van der Waals surface area contributed by atoms with Crippen molar-refractivity contribution in [1.82, 2.24) is 5.32 Å². The summed E-state index contributed by atoms with van der Waals surface area (Å²) in [6, 6.07) is 0.281. The third-order valence-electron chi connectivity index (χ3n) is 1.60. The summed E-state index contributed by atoms with van der Waals surface area (Å²) >= 11 is 0. The van der Waals surface area contributed by atoms with E-state index in [0.29, 0.717) is 18.5 Å². The van der Waals surface area contributed by atoms with E-state index in [0.717, 1.165) is 13.2 Å². The molecular weight excluding hydrogens is 154 g/mol. The molecule has 0 saturated carbocycles. The van der Waals surface area contributed by atoms with Gasteiger partial charge in [-0.25, -0.2) is 0 Å². The molecule has 12 heavy (non-hydrogen) atoms. The Hall–Kier alpha value is -0.770. The second-order valence-electron chi connectivity index (χ2n) is 3.50. The zero-order valence-electron chi connectivity index (χ0n) is 7.71. The number of rotatable bonds is 4. The first kappa shape index (κ1) is 9.32. The van der Waals surface area contributed by atoms with Gasteiger partial charge in [0.2, 0.25) is 0 Å². The minimum absolute atomic E-state index is 0.281. The Labute approximate surface area is 73.2 Å². The molecule has 1 atom stereocenters. The zero-order valence-corrected chi connectivity index (χ0v) is 7.71. The Morgan fingerprint density at radius 3 is 3.00 bits per heavy atom. The van der Waals surface area contributed by atoms with Gasteiger partial charge in [0.15, 0.2) is 5.96 Å². The van der Waals surface area contributed by atoms with Crippen LogP contribution in [-0.4, -0.2) is 31.8 Å². The lowest BCUT2D eigenvalue weighted by Crippen LogP contribution is -2.38. The molecule has 70 valence electrons. The van der Waals surface area contributed by atoms with Gasteiger partial charge >= 0.3 is 0 Å². The van der Waals surface area contributed by atoms with E-state index in [2.05, 4.69) is 24.2 Å². The minimum atomic E-state index is 0.281. The molecule has 1 unspecified atom stereocenters. The van der Waals surface area contributed by atoms with Crippen molar-refractivity contribution in [2.24, 2.45) is 16.6 Å². The standard InChI is InChI=1S/C8H17N3O/c1-6(2)4-12-5-7-3-10-8(9)11-7/h6-7H,3-5H2,1-2H3,(H3,9,10,11). The molecular formula is C8H17N3O. The zero-order chi connectivity index (χ0) is 8.97. The predicted octanol–water partition coefficient (Wildman–Crippen LogP) is -0.0545. The average Bonchev–Trinajstić information content (AvgIpc) is 2.35. The van der Waals surface area contributed by atoms with Gasteiger partial charge in [-0.3, -0.25) is 4.99 Å². The molecule has 0 aromatic rings. The Morgan fingerprint density at radius 1 is 1.75 bits per heavy atom. The van der Waals surface area contributed by atoms with Crippen LogP contribution in [0.5, 0.6) is 0 Å². The van der Waals surface area contributed by atoms with Crippen LogP contribution in [0.3, 0.4) is 0 Å². The van der Waals surface area contributed by atoms with Crippen LogP contribution in [0.1, 0.15) is 13.8 Å². The molecule has 0 spiro atoms. The van der Waals surface area contributed by atoms with Crippen LogP contribution >= 0.6 is 0 Å². The van der Waals surface area contributed by atoms with E-state index in [1.807, 2.05) is 0 Å². The number of nitrogens with one attached hydrogen (secondary N) is 1. The van der Waals surface area contributed by atoms with Gasteiger partial charge in [-0.15, -0.1) is 0 Å². The number of nitrogens with zero attached hydrogens (tertiary/aromatic N) is 1. The van der Waals surface area contributed by atoms with Crippen LogP contribution in [0.25, 0.3) is 0 Å². The van der Waals surface area contributed by atoms with Crippen LogP contribution in [0.4, 0.5) is 0 Å². The maximum atomic E-state index is 5.44. The summed E-state index contributed by atoms with van der Waals surface area (Å²) in [5.41, 5.74) is 5.44. The van der Waals surface area contributed by atoms with Crippen molar-refractivity contribution in [3.8, 4) is 0 Å². The van der Waals surface area contributed by atoms with Crippen molar-refractivity contribution in [2.45, 2.75) is 19.9 Å². The van der Waals surface area contributed by atoms with Crippen LogP contribution in [-0.2, 0) is 4.74 Å². The first-order valence-corrected chi connectivity index (χ1v) is 4.32.